The molecule has 0 radical (unpaired) electrons. The van der Waals surface area contributed by atoms with Gasteiger partial charge in [0.2, 0.25) is 5.95 Å². The maximum Gasteiger partial charge on any atom is 0.264 e. The van der Waals surface area contributed by atoms with Gasteiger partial charge in [-0.2, -0.15) is 13.7 Å². The number of sulfonamides is 1. The lowest BCUT2D eigenvalue weighted by molar-refractivity contribution is 0.573. The second-order valence-electron chi connectivity index (χ2n) is 7.93. The van der Waals surface area contributed by atoms with Crippen molar-refractivity contribution in [3.63, 3.8) is 0 Å². The smallest absolute Gasteiger partial charge is 0.264 e. The Kier molecular flexibility index (Phi) is 5.81. The second kappa shape index (κ2) is 8.91. The topological polar surface area (TPSA) is 113 Å². The van der Waals surface area contributed by atoms with Crippen LogP contribution in [-0.2, 0) is 10.0 Å². The fraction of sp³-hybridized carbons (Fsp3) is 0.273. The Morgan fingerprint density at radius 2 is 1.70 bits per heavy atom. The monoisotopic (exact) mass is 481 g/mol. The van der Waals surface area contributed by atoms with Crippen LogP contribution >= 0.6 is 11.7 Å². The highest BCUT2D eigenvalue weighted by molar-refractivity contribution is 7.93. The van der Waals surface area contributed by atoms with Crippen LogP contribution in [0.5, 0.6) is 0 Å². The Balaban J connectivity index is 1.32. The van der Waals surface area contributed by atoms with Crippen LogP contribution in [0.25, 0.3) is 11.0 Å². The van der Waals surface area contributed by atoms with E-state index in [2.05, 4.69) is 33.7 Å². The molecule has 0 bridgehead atoms. The number of rotatable bonds is 6. The molecule has 1 fully saturated rings. The molecule has 5 rings (SSSR count). The number of nitrogens with one attached hydrogen (secondary N) is 2. The Morgan fingerprint density at radius 1 is 0.939 bits per heavy atom. The minimum absolute atomic E-state index is 0.106. The molecule has 33 heavy (non-hydrogen) atoms. The summed E-state index contributed by atoms with van der Waals surface area (Å²) in [4.78, 5) is 11.6. The number of hydrogen-bond acceptors (Lipinski definition) is 9. The predicted octanol–water partition coefficient (Wildman–Crippen LogP) is 4.32. The highest BCUT2D eigenvalue weighted by atomic mass is 32.2. The standard InChI is InChI=1S/C22H23N7O2S2/c1-15-14-20(29-12-3-2-4-13-29)25-22(23-15)24-16-8-10-17(11-9-16)28-33(30,31)19-7-5-6-18-21(19)27-32-26-18/h5-11,14,28H,2-4,12-13H2,1H3,(H,23,24,25). The fourth-order valence-electron chi connectivity index (χ4n) is 3.85. The van der Waals surface area contributed by atoms with Crippen LogP contribution in [0.1, 0.15) is 25.0 Å². The zero-order valence-corrected chi connectivity index (χ0v) is 19.7. The van der Waals surface area contributed by atoms with Crippen molar-refractivity contribution in [2.45, 2.75) is 31.1 Å². The molecule has 9 nitrogen and oxygen atoms in total. The minimum atomic E-state index is -3.80. The van der Waals surface area contributed by atoms with E-state index in [0.717, 1.165) is 42.0 Å². The van der Waals surface area contributed by atoms with Crippen LogP contribution in [-0.4, -0.2) is 40.2 Å². The number of nitrogens with zero attached hydrogens (tertiary/aromatic N) is 5. The van der Waals surface area contributed by atoms with Crippen LogP contribution in [0.15, 0.2) is 53.4 Å². The van der Waals surface area contributed by atoms with Crippen molar-refractivity contribution in [1.29, 1.82) is 0 Å². The Morgan fingerprint density at radius 3 is 2.48 bits per heavy atom. The summed E-state index contributed by atoms with van der Waals surface area (Å²) >= 11 is 0.988. The third-order valence-corrected chi connectivity index (χ3v) is 7.41. The summed E-state index contributed by atoms with van der Waals surface area (Å²) in [5.74, 6) is 1.45. The van der Waals surface area contributed by atoms with Crippen molar-refractivity contribution >= 4 is 55.9 Å². The molecule has 1 aliphatic heterocycles. The average molecular weight is 482 g/mol. The molecule has 0 unspecified atom stereocenters. The maximum absolute atomic E-state index is 12.9. The van der Waals surface area contributed by atoms with E-state index in [4.69, 9.17) is 0 Å². The summed E-state index contributed by atoms with van der Waals surface area (Å²) in [7, 11) is -3.80. The molecule has 0 aliphatic carbocycles. The summed E-state index contributed by atoms with van der Waals surface area (Å²) in [6.07, 6.45) is 3.62. The predicted molar refractivity (Wildman–Crippen MR) is 131 cm³/mol. The van der Waals surface area contributed by atoms with Crippen LogP contribution < -0.4 is 14.9 Å². The minimum Gasteiger partial charge on any atom is -0.356 e. The van der Waals surface area contributed by atoms with Crippen LogP contribution in [0.2, 0.25) is 0 Å². The van der Waals surface area contributed by atoms with Crippen molar-refractivity contribution in [3.8, 4) is 0 Å². The number of anilines is 4. The van der Waals surface area contributed by atoms with Gasteiger partial charge in [-0.25, -0.2) is 13.4 Å². The molecule has 1 saturated heterocycles. The molecule has 2 N–H and O–H groups in total. The largest absolute Gasteiger partial charge is 0.356 e. The van der Waals surface area contributed by atoms with Gasteiger partial charge in [-0.15, -0.1) is 0 Å². The fourth-order valence-corrected chi connectivity index (χ4v) is 5.68. The van der Waals surface area contributed by atoms with E-state index in [-0.39, 0.29) is 4.90 Å². The molecule has 4 aromatic rings. The number of benzene rings is 2. The molecule has 2 aromatic carbocycles. The SMILES string of the molecule is Cc1cc(N2CCCCC2)nc(Nc2ccc(NS(=O)(=O)c3cccc4nsnc34)cc2)n1. The van der Waals surface area contributed by atoms with E-state index in [1.165, 1.54) is 25.3 Å². The molecule has 170 valence electrons. The number of aryl methyl sites for hydroxylation is 1. The molecule has 1 aliphatic rings. The Labute approximate surface area is 196 Å². The number of fused-ring (bicyclic) bond motifs is 1. The van der Waals surface area contributed by atoms with E-state index >= 15 is 0 Å². The second-order valence-corrected chi connectivity index (χ2v) is 10.1. The van der Waals surface area contributed by atoms with Crippen molar-refractivity contribution in [1.82, 2.24) is 18.7 Å². The highest BCUT2D eigenvalue weighted by Crippen LogP contribution is 2.25. The van der Waals surface area contributed by atoms with Crippen molar-refractivity contribution < 1.29 is 8.42 Å². The third-order valence-electron chi connectivity index (χ3n) is 5.45. The van der Waals surface area contributed by atoms with Gasteiger partial charge < -0.3 is 10.2 Å². The van der Waals surface area contributed by atoms with Gasteiger partial charge in [-0.3, -0.25) is 4.72 Å². The van der Waals surface area contributed by atoms with Gasteiger partial charge in [0.05, 0.1) is 11.7 Å². The van der Waals surface area contributed by atoms with Gasteiger partial charge in [0.15, 0.2) is 0 Å². The summed E-state index contributed by atoms with van der Waals surface area (Å²) < 4.78 is 36.6. The van der Waals surface area contributed by atoms with E-state index < -0.39 is 10.0 Å². The number of aromatic nitrogens is 4. The normalized spacial score (nSPS) is 14.4. The lowest BCUT2D eigenvalue weighted by Crippen LogP contribution is -2.30. The zero-order chi connectivity index (χ0) is 22.8. The summed E-state index contributed by atoms with van der Waals surface area (Å²) in [6.45, 7) is 3.97. The van der Waals surface area contributed by atoms with Gasteiger partial charge in [0.1, 0.15) is 21.7 Å². The average Bonchev–Trinajstić information content (AvgIpc) is 3.29. The van der Waals surface area contributed by atoms with Gasteiger partial charge in [-0.05, 0) is 62.6 Å². The lowest BCUT2D eigenvalue weighted by atomic mass is 10.1. The number of hydrogen-bond donors (Lipinski definition) is 2. The molecular formula is C22H23N7O2S2. The molecular weight excluding hydrogens is 458 g/mol. The van der Waals surface area contributed by atoms with E-state index in [1.54, 1.807) is 36.4 Å². The first kappa shape index (κ1) is 21.5. The quantitative estimate of drug-likeness (QED) is 0.419. The molecule has 0 spiro atoms. The van der Waals surface area contributed by atoms with Crippen LogP contribution in [0.3, 0.4) is 0 Å². The van der Waals surface area contributed by atoms with E-state index in [9.17, 15) is 8.42 Å². The van der Waals surface area contributed by atoms with Gasteiger partial charge in [0.25, 0.3) is 10.0 Å². The van der Waals surface area contributed by atoms with Crippen molar-refractivity contribution in [3.05, 3.63) is 54.2 Å². The van der Waals surface area contributed by atoms with Crippen molar-refractivity contribution in [2.75, 3.05) is 28.0 Å². The summed E-state index contributed by atoms with van der Waals surface area (Å²) in [5, 5.41) is 3.22. The van der Waals surface area contributed by atoms with Crippen LogP contribution in [0, 0.1) is 6.92 Å². The molecule has 3 heterocycles. The summed E-state index contributed by atoms with van der Waals surface area (Å²) in [6, 6.07) is 13.9. The third kappa shape index (κ3) is 4.74. The number of piperidine rings is 1. The zero-order valence-electron chi connectivity index (χ0n) is 18.0. The van der Waals surface area contributed by atoms with E-state index in [0.29, 0.717) is 22.7 Å². The molecule has 2 aromatic heterocycles. The van der Waals surface area contributed by atoms with Gasteiger partial charge >= 0.3 is 0 Å². The maximum atomic E-state index is 12.9. The first-order chi connectivity index (χ1) is 16.0. The highest BCUT2D eigenvalue weighted by Gasteiger charge is 2.20. The Bertz CT molecular complexity index is 1380. The molecule has 0 atom stereocenters. The van der Waals surface area contributed by atoms with Gasteiger partial charge in [-0.1, -0.05) is 6.07 Å². The van der Waals surface area contributed by atoms with Crippen LogP contribution in [0.4, 0.5) is 23.1 Å². The van der Waals surface area contributed by atoms with Crippen molar-refractivity contribution in [2.24, 2.45) is 0 Å². The first-order valence-corrected chi connectivity index (χ1v) is 12.9. The summed E-state index contributed by atoms with van der Waals surface area (Å²) in [5.41, 5.74) is 3.03. The molecule has 0 amide bonds. The molecule has 0 saturated carbocycles. The molecule has 11 heteroatoms. The first-order valence-electron chi connectivity index (χ1n) is 10.7. The lowest BCUT2D eigenvalue weighted by Gasteiger charge is -2.28. The van der Waals surface area contributed by atoms with E-state index in [1.807, 2.05) is 13.0 Å². The Hall–Kier alpha value is -3.31. The van der Waals surface area contributed by atoms with Gasteiger partial charge in [0, 0.05) is 36.2 Å².